The monoisotopic (exact) mass is 453 g/mol. The zero-order valence-electron chi connectivity index (χ0n) is 17.7. The fourth-order valence-electron chi connectivity index (χ4n) is 3.53. The van der Waals surface area contributed by atoms with E-state index >= 15 is 0 Å². The molecular weight excluding hydrogens is 434 g/mol. The molecule has 0 spiro atoms. The van der Waals surface area contributed by atoms with Crippen LogP contribution in [0.5, 0.6) is 0 Å². The maximum absolute atomic E-state index is 13.1. The molecule has 2 amide bonds. The molecule has 0 unspecified atom stereocenters. The van der Waals surface area contributed by atoms with Crippen molar-refractivity contribution in [1.82, 2.24) is 4.98 Å². The molecule has 6 nitrogen and oxygen atoms in total. The summed E-state index contributed by atoms with van der Waals surface area (Å²) in [4.78, 5) is 30.3. The number of carbonyl (C=O) groups excluding carboxylic acids is 2. The lowest BCUT2D eigenvalue weighted by Crippen LogP contribution is -2.12. The second-order valence-corrected chi connectivity index (χ2v) is 8.47. The smallest absolute Gasteiger partial charge is 0.292 e. The van der Waals surface area contributed by atoms with E-state index in [-0.39, 0.29) is 17.6 Å². The summed E-state index contributed by atoms with van der Waals surface area (Å²) in [5, 5.41) is 8.51. The van der Waals surface area contributed by atoms with E-state index < -0.39 is 0 Å². The normalized spacial score (nSPS) is 10.8. The fourth-order valence-corrected chi connectivity index (χ4v) is 4.40. The number of carbonyl (C=O) groups is 2. The van der Waals surface area contributed by atoms with Crippen molar-refractivity contribution in [3.63, 3.8) is 0 Å². The molecule has 2 aromatic heterocycles. The Labute approximate surface area is 193 Å². The molecule has 162 valence electrons. The highest BCUT2D eigenvalue weighted by Gasteiger charge is 2.20. The Morgan fingerprint density at radius 3 is 2.42 bits per heavy atom. The van der Waals surface area contributed by atoms with Crippen molar-refractivity contribution in [3.05, 3.63) is 102 Å². The third kappa shape index (κ3) is 4.26. The third-order valence-corrected chi connectivity index (χ3v) is 6.07. The van der Waals surface area contributed by atoms with Gasteiger partial charge in [0, 0.05) is 11.1 Å². The Balaban J connectivity index is 1.49. The minimum Gasteiger partial charge on any atom is -0.459 e. The molecule has 0 aliphatic carbocycles. The van der Waals surface area contributed by atoms with E-state index in [0.717, 1.165) is 21.9 Å². The molecule has 5 rings (SSSR count). The fraction of sp³-hybridized carbons (Fsp3) is 0.0385. The van der Waals surface area contributed by atoms with Gasteiger partial charge < -0.3 is 9.73 Å². The molecule has 2 heterocycles. The van der Waals surface area contributed by atoms with Crippen LogP contribution in [0.15, 0.2) is 89.5 Å². The average molecular weight is 454 g/mol. The molecule has 0 aliphatic rings. The van der Waals surface area contributed by atoms with Crippen molar-refractivity contribution < 1.29 is 14.0 Å². The van der Waals surface area contributed by atoms with Crippen molar-refractivity contribution in [2.24, 2.45) is 0 Å². The number of nitrogens with one attached hydrogen (secondary N) is 2. The summed E-state index contributed by atoms with van der Waals surface area (Å²) in [5.41, 5.74) is 3.08. The number of hydrogen-bond donors (Lipinski definition) is 2. The van der Waals surface area contributed by atoms with Crippen LogP contribution in [0.4, 0.5) is 10.1 Å². The van der Waals surface area contributed by atoms with Gasteiger partial charge in [0.05, 0.1) is 6.26 Å². The molecule has 0 aliphatic heterocycles. The van der Waals surface area contributed by atoms with Gasteiger partial charge >= 0.3 is 0 Å². The molecule has 33 heavy (non-hydrogen) atoms. The van der Waals surface area contributed by atoms with Crippen molar-refractivity contribution in [1.29, 1.82) is 0 Å². The van der Waals surface area contributed by atoms with Crippen LogP contribution < -0.4 is 10.6 Å². The van der Waals surface area contributed by atoms with Gasteiger partial charge in [0.15, 0.2) is 10.9 Å². The molecule has 5 aromatic rings. The number of benzene rings is 3. The van der Waals surface area contributed by atoms with Gasteiger partial charge in [0.2, 0.25) is 0 Å². The van der Waals surface area contributed by atoms with Crippen LogP contribution in [-0.2, 0) is 0 Å². The largest absolute Gasteiger partial charge is 0.459 e. The second kappa shape index (κ2) is 8.72. The zero-order valence-corrected chi connectivity index (χ0v) is 18.5. The third-order valence-electron chi connectivity index (χ3n) is 5.18. The summed E-state index contributed by atoms with van der Waals surface area (Å²) >= 11 is 1.20. The van der Waals surface area contributed by atoms with Gasteiger partial charge in [0.1, 0.15) is 10.7 Å². The zero-order chi connectivity index (χ0) is 22.8. The van der Waals surface area contributed by atoms with E-state index in [0.29, 0.717) is 21.4 Å². The summed E-state index contributed by atoms with van der Waals surface area (Å²) in [7, 11) is 0. The van der Waals surface area contributed by atoms with Crippen LogP contribution in [-0.4, -0.2) is 16.8 Å². The van der Waals surface area contributed by atoms with Crippen LogP contribution in [0.2, 0.25) is 0 Å². The number of nitrogens with zero attached hydrogens (tertiary/aromatic N) is 1. The minimum absolute atomic E-state index is 0.194. The van der Waals surface area contributed by atoms with E-state index in [1.54, 1.807) is 18.2 Å². The highest BCUT2D eigenvalue weighted by Crippen LogP contribution is 2.36. The molecule has 7 heteroatoms. The predicted molar refractivity (Wildman–Crippen MR) is 131 cm³/mol. The number of aryl methyl sites for hydroxylation is 1. The van der Waals surface area contributed by atoms with Gasteiger partial charge in [-0.05, 0) is 35.9 Å². The van der Waals surface area contributed by atoms with Gasteiger partial charge in [-0.25, -0.2) is 4.98 Å². The number of anilines is 2. The first-order valence-corrected chi connectivity index (χ1v) is 11.1. The number of fused-ring (bicyclic) bond motifs is 1. The van der Waals surface area contributed by atoms with Crippen molar-refractivity contribution in [3.8, 4) is 11.3 Å². The lowest BCUT2D eigenvalue weighted by Gasteiger charge is -2.06. The molecule has 0 saturated carbocycles. The topological polar surface area (TPSA) is 84.2 Å². The molecule has 0 atom stereocenters. The number of hydrogen-bond acceptors (Lipinski definition) is 5. The molecular formula is C26H19N3O3S. The standard InChI is InChI=1S/C26H19N3O3S/c1-16-11-13-18(14-12-16)22-25(28-24(31)21-10-5-15-32-21)33-26(27-22)29-23(30)20-9-4-7-17-6-2-3-8-19(17)20/h2-15H,1H3,(H,28,31)(H,27,29,30). The maximum Gasteiger partial charge on any atom is 0.292 e. The minimum atomic E-state index is -0.385. The Morgan fingerprint density at radius 2 is 1.64 bits per heavy atom. The first kappa shape index (κ1) is 20.7. The predicted octanol–water partition coefficient (Wildman–Crippen LogP) is 6.37. The lowest BCUT2D eigenvalue weighted by atomic mass is 10.0. The Hall–Kier alpha value is -4.23. The van der Waals surface area contributed by atoms with Gasteiger partial charge in [-0.15, -0.1) is 0 Å². The van der Waals surface area contributed by atoms with E-state index in [1.807, 2.05) is 67.6 Å². The second-order valence-electron chi connectivity index (χ2n) is 7.48. The lowest BCUT2D eigenvalue weighted by molar-refractivity contribution is 0.0995. The molecule has 0 bridgehead atoms. The number of rotatable bonds is 5. The van der Waals surface area contributed by atoms with E-state index in [2.05, 4.69) is 15.6 Å². The number of furan rings is 1. The molecule has 3 aromatic carbocycles. The van der Waals surface area contributed by atoms with E-state index in [4.69, 9.17) is 4.42 Å². The molecule has 0 saturated heterocycles. The number of thiazole rings is 1. The summed E-state index contributed by atoms with van der Waals surface area (Å²) in [6.07, 6.45) is 1.44. The first-order chi connectivity index (χ1) is 16.1. The summed E-state index contributed by atoms with van der Waals surface area (Å²) < 4.78 is 5.20. The van der Waals surface area contributed by atoms with Gasteiger partial charge in [-0.2, -0.15) is 0 Å². The Morgan fingerprint density at radius 1 is 0.848 bits per heavy atom. The summed E-state index contributed by atoms with van der Waals surface area (Å²) in [6, 6.07) is 24.4. The van der Waals surface area contributed by atoms with Gasteiger partial charge in [-0.3, -0.25) is 14.9 Å². The van der Waals surface area contributed by atoms with Crippen molar-refractivity contribution in [2.45, 2.75) is 6.92 Å². The summed E-state index contributed by atoms with van der Waals surface area (Å²) in [6.45, 7) is 2.00. The summed E-state index contributed by atoms with van der Waals surface area (Å²) in [5.74, 6) is -0.455. The molecule has 2 N–H and O–H groups in total. The van der Waals surface area contributed by atoms with E-state index in [1.165, 1.54) is 17.6 Å². The van der Waals surface area contributed by atoms with Crippen LogP contribution in [0.25, 0.3) is 22.0 Å². The molecule has 0 fully saturated rings. The average Bonchev–Trinajstić information content (AvgIpc) is 3.50. The SMILES string of the molecule is Cc1ccc(-c2nc(NC(=O)c3cccc4ccccc34)sc2NC(=O)c2ccco2)cc1. The van der Waals surface area contributed by atoms with Crippen molar-refractivity contribution in [2.75, 3.05) is 10.6 Å². The highest BCUT2D eigenvalue weighted by atomic mass is 32.1. The Kier molecular flexibility index (Phi) is 5.46. The quantitative estimate of drug-likeness (QED) is 0.324. The number of amides is 2. The number of aromatic nitrogens is 1. The van der Waals surface area contributed by atoms with Crippen molar-refractivity contribution >= 4 is 44.1 Å². The van der Waals surface area contributed by atoms with Crippen LogP contribution in [0, 0.1) is 6.92 Å². The highest BCUT2D eigenvalue weighted by molar-refractivity contribution is 7.20. The van der Waals surface area contributed by atoms with Gasteiger partial charge in [-0.1, -0.05) is 77.6 Å². The van der Waals surface area contributed by atoms with Crippen LogP contribution >= 0.6 is 11.3 Å². The molecule has 0 radical (unpaired) electrons. The first-order valence-electron chi connectivity index (χ1n) is 10.3. The van der Waals surface area contributed by atoms with Crippen LogP contribution in [0.1, 0.15) is 26.5 Å². The van der Waals surface area contributed by atoms with Crippen LogP contribution in [0.3, 0.4) is 0 Å². The Bertz CT molecular complexity index is 1450. The maximum atomic E-state index is 13.1. The van der Waals surface area contributed by atoms with Gasteiger partial charge in [0.25, 0.3) is 11.8 Å². The van der Waals surface area contributed by atoms with E-state index in [9.17, 15) is 9.59 Å².